The normalized spacial score (nSPS) is 22.0. The molecule has 1 aliphatic heterocycles. The molecule has 170 valence electrons. The quantitative estimate of drug-likeness (QED) is 0.417. The minimum atomic E-state index is -0.555. The second-order valence-electron chi connectivity index (χ2n) is 9.30. The van der Waals surface area contributed by atoms with Crippen LogP contribution >= 0.6 is 0 Å². The zero-order valence-electron chi connectivity index (χ0n) is 18.6. The number of H-pyrrole nitrogens is 1. The number of hydrogen-bond donors (Lipinski definition) is 3. The third kappa shape index (κ3) is 3.84. The number of carbonyl (C=O) groups excluding carboxylic acids is 1. The molecule has 1 amide bonds. The number of aromatic nitrogens is 4. The van der Waals surface area contributed by atoms with E-state index in [9.17, 15) is 10.1 Å². The van der Waals surface area contributed by atoms with Crippen LogP contribution in [-0.2, 0) is 11.2 Å². The fourth-order valence-corrected chi connectivity index (χ4v) is 5.30. The molecule has 1 aliphatic carbocycles. The summed E-state index contributed by atoms with van der Waals surface area (Å²) in [6, 6.07) is 18.0. The molecule has 3 heterocycles. The van der Waals surface area contributed by atoms with E-state index >= 15 is 0 Å². The predicted octanol–water partition coefficient (Wildman–Crippen LogP) is 3.11. The number of amides is 1. The van der Waals surface area contributed by atoms with Gasteiger partial charge < -0.3 is 15.6 Å². The molecule has 8 heteroatoms. The van der Waals surface area contributed by atoms with Gasteiger partial charge in [0.2, 0.25) is 5.91 Å². The third-order valence-corrected chi connectivity index (χ3v) is 7.10. The molecule has 2 fully saturated rings. The van der Waals surface area contributed by atoms with Crippen molar-refractivity contribution >= 4 is 16.8 Å². The standard InChI is InChI=1S/C26H25N7O/c27-14-21(30-26(34)25-19-3-5-20(13-19)29-25)11-16-1-6-22(7-2-16)33-15-24(31-32-33)17-4-8-23-18(12-17)9-10-28-23/h1-2,4,6-10,12,15,19-21,25,28-29H,3,5,11,13H2,(H,30,34)/t19-,20+,21-,25-/m0/s1. The monoisotopic (exact) mass is 451 g/mol. The van der Waals surface area contributed by atoms with Crippen molar-refractivity contribution in [3.63, 3.8) is 0 Å². The van der Waals surface area contributed by atoms with Crippen molar-refractivity contribution < 1.29 is 4.79 Å². The van der Waals surface area contributed by atoms with Crippen molar-refractivity contribution in [1.82, 2.24) is 30.6 Å². The van der Waals surface area contributed by atoms with Crippen LogP contribution in [0.4, 0.5) is 0 Å². The topological polar surface area (TPSA) is 111 Å². The predicted molar refractivity (Wildman–Crippen MR) is 128 cm³/mol. The Bertz CT molecular complexity index is 1380. The fourth-order valence-electron chi connectivity index (χ4n) is 5.30. The van der Waals surface area contributed by atoms with Gasteiger partial charge >= 0.3 is 0 Å². The number of piperidine rings is 1. The lowest BCUT2D eigenvalue weighted by atomic mass is 9.98. The summed E-state index contributed by atoms with van der Waals surface area (Å²) in [4.78, 5) is 15.9. The van der Waals surface area contributed by atoms with Gasteiger partial charge in [-0.1, -0.05) is 23.4 Å². The number of aromatic amines is 1. The molecule has 1 saturated carbocycles. The average molecular weight is 452 g/mol. The Balaban J connectivity index is 1.11. The Morgan fingerprint density at radius 2 is 2.09 bits per heavy atom. The fraction of sp³-hybridized carbons (Fsp3) is 0.308. The second kappa shape index (κ2) is 8.43. The minimum Gasteiger partial charge on any atom is -0.361 e. The van der Waals surface area contributed by atoms with Crippen molar-refractivity contribution in [3.05, 3.63) is 66.5 Å². The Kier molecular flexibility index (Phi) is 5.12. The first kappa shape index (κ1) is 20.6. The number of benzene rings is 2. The van der Waals surface area contributed by atoms with Crippen LogP contribution in [0.5, 0.6) is 0 Å². The van der Waals surface area contributed by atoms with Gasteiger partial charge in [0.25, 0.3) is 0 Å². The number of nitrogens with one attached hydrogen (secondary N) is 3. The van der Waals surface area contributed by atoms with Gasteiger partial charge in [0.1, 0.15) is 11.7 Å². The smallest absolute Gasteiger partial charge is 0.238 e. The minimum absolute atomic E-state index is 0.0525. The van der Waals surface area contributed by atoms with Gasteiger partial charge in [0.05, 0.1) is 24.0 Å². The summed E-state index contributed by atoms with van der Waals surface area (Å²) in [6.07, 6.45) is 7.61. The van der Waals surface area contributed by atoms with Gasteiger partial charge in [0, 0.05) is 35.1 Å². The summed E-state index contributed by atoms with van der Waals surface area (Å²) < 4.78 is 1.74. The first-order valence-electron chi connectivity index (χ1n) is 11.7. The molecule has 0 spiro atoms. The van der Waals surface area contributed by atoms with Crippen molar-refractivity contribution in [2.75, 3.05) is 0 Å². The van der Waals surface area contributed by atoms with E-state index in [4.69, 9.17) is 0 Å². The zero-order valence-corrected chi connectivity index (χ0v) is 18.6. The summed E-state index contributed by atoms with van der Waals surface area (Å²) in [5.41, 5.74) is 4.76. The van der Waals surface area contributed by atoms with Crippen LogP contribution < -0.4 is 10.6 Å². The Morgan fingerprint density at radius 1 is 1.21 bits per heavy atom. The Labute approximate surface area is 197 Å². The van der Waals surface area contributed by atoms with Crippen LogP contribution in [-0.4, -0.2) is 44.0 Å². The Morgan fingerprint density at radius 3 is 2.85 bits per heavy atom. The molecule has 2 aromatic carbocycles. The van der Waals surface area contributed by atoms with E-state index in [-0.39, 0.29) is 11.9 Å². The van der Waals surface area contributed by atoms with E-state index in [0.29, 0.717) is 18.4 Å². The largest absolute Gasteiger partial charge is 0.361 e. The number of nitrogens with zero attached hydrogens (tertiary/aromatic N) is 4. The summed E-state index contributed by atoms with van der Waals surface area (Å²) in [6.45, 7) is 0. The van der Waals surface area contributed by atoms with Gasteiger partial charge in [-0.2, -0.15) is 5.26 Å². The molecular weight excluding hydrogens is 426 g/mol. The number of fused-ring (bicyclic) bond motifs is 3. The number of nitriles is 1. The molecule has 6 rings (SSSR count). The maximum absolute atomic E-state index is 12.7. The third-order valence-electron chi connectivity index (χ3n) is 7.10. The number of carbonyl (C=O) groups is 1. The van der Waals surface area contributed by atoms with Gasteiger partial charge in [-0.25, -0.2) is 4.68 Å². The van der Waals surface area contributed by atoms with E-state index in [0.717, 1.165) is 52.7 Å². The molecule has 34 heavy (non-hydrogen) atoms. The van der Waals surface area contributed by atoms with Crippen LogP contribution in [0, 0.1) is 17.2 Å². The lowest BCUT2D eigenvalue weighted by molar-refractivity contribution is -0.124. The zero-order chi connectivity index (χ0) is 23.1. The van der Waals surface area contributed by atoms with Crippen molar-refractivity contribution in [1.29, 1.82) is 5.26 Å². The molecule has 4 aromatic rings. The first-order chi connectivity index (χ1) is 16.7. The van der Waals surface area contributed by atoms with Gasteiger partial charge in [-0.3, -0.25) is 4.79 Å². The summed E-state index contributed by atoms with van der Waals surface area (Å²) in [7, 11) is 0. The SMILES string of the molecule is N#C[C@H](Cc1ccc(-n2cc(-c3ccc4[nH]ccc4c3)nn2)cc1)NC(=O)[C@H]1N[C@@H]2CC[C@H]1C2. The molecule has 0 radical (unpaired) electrons. The van der Waals surface area contributed by atoms with E-state index in [1.807, 2.05) is 54.9 Å². The van der Waals surface area contributed by atoms with E-state index in [1.54, 1.807) is 4.68 Å². The maximum Gasteiger partial charge on any atom is 0.238 e. The highest BCUT2D eigenvalue weighted by atomic mass is 16.2. The van der Waals surface area contributed by atoms with Gasteiger partial charge in [0.15, 0.2) is 0 Å². The second-order valence-corrected chi connectivity index (χ2v) is 9.30. The van der Waals surface area contributed by atoms with Gasteiger partial charge in [-0.15, -0.1) is 5.10 Å². The van der Waals surface area contributed by atoms with E-state index < -0.39 is 6.04 Å². The van der Waals surface area contributed by atoms with Crippen LogP contribution in [0.3, 0.4) is 0 Å². The summed E-state index contributed by atoms with van der Waals surface area (Å²) >= 11 is 0. The number of rotatable bonds is 6. The summed E-state index contributed by atoms with van der Waals surface area (Å²) in [5, 5.41) is 25.7. The van der Waals surface area contributed by atoms with Crippen molar-refractivity contribution in [2.24, 2.45) is 5.92 Å². The molecule has 2 aliphatic rings. The molecule has 2 aromatic heterocycles. The van der Waals surface area contributed by atoms with E-state index in [2.05, 4.69) is 38.1 Å². The highest BCUT2D eigenvalue weighted by Gasteiger charge is 2.43. The molecule has 3 N–H and O–H groups in total. The van der Waals surface area contributed by atoms with Crippen LogP contribution in [0.25, 0.3) is 27.8 Å². The van der Waals surface area contributed by atoms with Crippen molar-refractivity contribution in [2.45, 2.75) is 43.8 Å². The maximum atomic E-state index is 12.7. The highest BCUT2D eigenvalue weighted by Crippen LogP contribution is 2.35. The lowest BCUT2D eigenvalue weighted by Crippen LogP contribution is -2.50. The van der Waals surface area contributed by atoms with Crippen LogP contribution in [0.1, 0.15) is 24.8 Å². The molecule has 4 atom stereocenters. The number of hydrogen-bond acceptors (Lipinski definition) is 5. The van der Waals surface area contributed by atoms with Crippen LogP contribution in [0.2, 0.25) is 0 Å². The lowest BCUT2D eigenvalue weighted by Gasteiger charge is -2.23. The van der Waals surface area contributed by atoms with Gasteiger partial charge in [-0.05, 0) is 61.1 Å². The Hall–Kier alpha value is -3.96. The average Bonchev–Trinajstić information content (AvgIpc) is 3.67. The molecular formula is C26H25N7O. The summed E-state index contributed by atoms with van der Waals surface area (Å²) in [5.74, 6) is 0.351. The van der Waals surface area contributed by atoms with Crippen molar-refractivity contribution in [3.8, 4) is 23.0 Å². The molecule has 0 unspecified atom stereocenters. The first-order valence-corrected chi connectivity index (χ1v) is 11.7. The molecule has 2 bridgehead atoms. The molecule has 1 saturated heterocycles. The van der Waals surface area contributed by atoms with Crippen LogP contribution in [0.15, 0.2) is 60.9 Å². The highest BCUT2D eigenvalue weighted by molar-refractivity contribution is 5.84. The van der Waals surface area contributed by atoms with E-state index in [1.165, 1.54) is 0 Å². The molecule has 8 nitrogen and oxygen atoms in total.